The van der Waals surface area contributed by atoms with Gasteiger partial charge in [-0.1, -0.05) is 29.3 Å². The molecule has 0 aliphatic heterocycles. The average molecular weight is 359 g/mol. The third-order valence-electron chi connectivity index (χ3n) is 2.73. The molecule has 0 fully saturated rings. The van der Waals surface area contributed by atoms with Crippen LogP contribution in [0.1, 0.15) is 12.1 Å². The van der Waals surface area contributed by atoms with Crippen molar-refractivity contribution in [1.82, 2.24) is 10.3 Å². The number of nitrogens with zero attached hydrogens (tertiary/aromatic N) is 1. The van der Waals surface area contributed by atoms with Crippen LogP contribution in [0.3, 0.4) is 0 Å². The van der Waals surface area contributed by atoms with Crippen molar-refractivity contribution in [3.63, 3.8) is 0 Å². The van der Waals surface area contributed by atoms with Gasteiger partial charge in [-0.05, 0) is 12.1 Å². The normalized spacial score (nSPS) is 10.5. The van der Waals surface area contributed by atoms with Crippen LogP contribution >= 0.6 is 34.5 Å². The van der Waals surface area contributed by atoms with Crippen LogP contribution in [-0.4, -0.2) is 28.5 Å². The minimum Gasteiger partial charge on any atom is -0.481 e. The summed E-state index contributed by atoms with van der Waals surface area (Å²) in [5.41, 5.74) is 1.23. The molecule has 0 radical (unpaired) electrons. The predicted molar refractivity (Wildman–Crippen MR) is 86.5 cm³/mol. The van der Waals surface area contributed by atoms with Crippen LogP contribution in [0.15, 0.2) is 23.6 Å². The molecule has 116 valence electrons. The molecular weight excluding hydrogens is 347 g/mol. The molecular formula is C14H12Cl2N2O3S. The third kappa shape index (κ3) is 4.43. The lowest BCUT2D eigenvalue weighted by atomic mass is 10.2. The molecule has 0 aliphatic carbocycles. The maximum absolute atomic E-state index is 11.7. The fourth-order valence-corrected chi connectivity index (χ4v) is 3.32. The van der Waals surface area contributed by atoms with Gasteiger partial charge in [-0.25, -0.2) is 4.98 Å². The number of hydrogen-bond acceptors (Lipinski definition) is 4. The summed E-state index contributed by atoms with van der Waals surface area (Å²) < 4.78 is 0. The SMILES string of the molecule is O=C(O)CCNC(=O)Cc1csc(-c2c(Cl)cccc2Cl)n1. The molecule has 8 heteroatoms. The van der Waals surface area contributed by atoms with Gasteiger partial charge < -0.3 is 10.4 Å². The summed E-state index contributed by atoms with van der Waals surface area (Å²) in [4.78, 5) is 26.4. The Balaban J connectivity index is 2.03. The summed E-state index contributed by atoms with van der Waals surface area (Å²) in [5.74, 6) is -1.23. The van der Waals surface area contributed by atoms with Gasteiger partial charge in [-0.2, -0.15) is 0 Å². The van der Waals surface area contributed by atoms with Crippen molar-refractivity contribution in [3.8, 4) is 10.6 Å². The summed E-state index contributed by atoms with van der Waals surface area (Å²) in [6.07, 6.45) is -0.0263. The molecule has 0 bridgehead atoms. The van der Waals surface area contributed by atoms with Gasteiger partial charge >= 0.3 is 5.97 Å². The Bertz CT molecular complexity index is 683. The fourth-order valence-electron chi connectivity index (χ4n) is 1.74. The molecule has 2 N–H and O–H groups in total. The van der Waals surface area contributed by atoms with Gasteiger partial charge in [0.15, 0.2) is 0 Å². The zero-order valence-corrected chi connectivity index (χ0v) is 13.6. The molecule has 2 aromatic rings. The predicted octanol–water partition coefficient (Wildman–Crippen LogP) is 3.25. The quantitative estimate of drug-likeness (QED) is 0.830. The van der Waals surface area contributed by atoms with E-state index >= 15 is 0 Å². The van der Waals surface area contributed by atoms with Gasteiger partial charge in [0, 0.05) is 17.5 Å². The molecule has 0 aliphatic rings. The molecule has 5 nitrogen and oxygen atoms in total. The second-order valence-electron chi connectivity index (χ2n) is 4.41. The number of rotatable bonds is 6. The molecule has 0 spiro atoms. The van der Waals surface area contributed by atoms with Crippen molar-refractivity contribution in [2.45, 2.75) is 12.8 Å². The fraction of sp³-hybridized carbons (Fsp3) is 0.214. The van der Waals surface area contributed by atoms with Gasteiger partial charge in [0.2, 0.25) is 5.91 Å². The molecule has 0 atom stereocenters. The minimum absolute atomic E-state index is 0.0815. The van der Waals surface area contributed by atoms with E-state index in [4.69, 9.17) is 28.3 Å². The number of nitrogens with one attached hydrogen (secondary N) is 1. The van der Waals surface area contributed by atoms with Crippen molar-refractivity contribution in [3.05, 3.63) is 39.3 Å². The number of carboxylic acid groups (broad SMARTS) is 1. The van der Waals surface area contributed by atoms with Crippen LogP contribution < -0.4 is 5.32 Å². The minimum atomic E-state index is -0.954. The van der Waals surface area contributed by atoms with Crippen LogP contribution in [0, 0.1) is 0 Å². The third-order valence-corrected chi connectivity index (χ3v) is 4.27. The second kappa shape index (κ2) is 7.58. The zero-order valence-electron chi connectivity index (χ0n) is 11.3. The van der Waals surface area contributed by atoms with E-state index in [9.17, 15) is 9.59 Å². The maximum Gasteiger partial charge on any atom is 0.305 e. The van der Waals surface area contributed by atoms with Crippen molar-refractivity contribution >= 4 is 46.4 Å². The Labute approximate surface area is 140 Å². The molecule has 1 aromatic heterocycles. The molecule has 0 saturated heterocycles. The van der Waals surface area contributed by atoms with Crippen molar-refractivity contribution < 1.29 is 14.7 Å². The van der Waals surface area contributed by atoms with E-state index in [0.29, 0.717) is 26.3 Å². The smallest absolute Gasteiger partial charge is 0.305 e. The van der Waals surface area contributed by atoms with Gasteiger partial charge in [0.25, 0.3) is 0 Å². The molecule has 1 aromatic carbocycles. The lowest BCUT2D eigenvalue weighted by molar-refractivity contribution is -0.136. The molecule has 0 unspecified atom stereocenters. The first-order chi connectivity index (χ1) is 10.5. The highest BCUT2D eigenvalue weighted by molar-refractivity contribution is 7.13. The van der Waals surface area contributed by atoms with E-state index in [1.165, 1.54) is 11.3 Å². The summed E-state index contributed by atoms with van der Waals surface area (Å²) in [6.45, 7) is 0.0987. The van der Waals surface area contributed by atoms with Gasteiger partial charge in [-0.15, -0.1) is 11.3 Å². The average Bonchev–Trinajstić information content (AvgIpc) is 2.86. The molecule has 2 rings (SSSR count). The standard InChI is InChI=1S/C14H12Cl2N2O3S/c15-9-2-1-3-10(16)13(9)14-18-8(7-22-14)6-11(19)17-5-4-12(20)21/h1-3,7H,4-6H2,(H,17,19)(H,20,21). The first-order valence-electron chi connectivity index (χ1n) is 6.34. The number of carbonyl (C=O) groups excluding carboxylic acids is 1. The monoisotopic (exact) mass is 358 g/mol. The molecule has 1 heterocycles. The number of thiazole rings is 1. The van der Waals surface area contributed by atoms with E-state index in [-0.39, 0.29) is 25.3 Å². The van der Waals surface area contributed by atoms with E-state index in [2.05, 4.69) is 10.3 Å². The molecule has 1 amide bonds. The van der Waals surface area contributed by atoms with Crippen LogP contribution in [0.5, 0.6) is 0 Å². The Morgan fingerprint density at radius 1 is 1.27 bits per heavy atom. The molecule has 0 saturated carbocycles. The van der Waals surface area contributed by atoms with Crippen molar-refractivity contribution in [2.24, 2.45) is 0 Å². The Kier molecular flexibility index (Phi) is 5.76. The number of hydrogen-bond donors (Lipinski definition) is 2. The lowest BCUT2D eigenvalue weighted by Gasteiger charge is -2.03. The Morgan fingerprint density at radius 3 is 2.59 bits per heavy atom. The van der Waals surface area contributed by atoms with E-state index < -0.39 is 5.97 Å². The lowest BCUT2D eigenvalue weighted by Crippen LogP contribution is -2.27. The van der Waals surface area contributed by atoms with Crippen LogP contribution in [0.25, 0.3) is 10.6 Å². The first kappa shape index (κ1) is 16.7. The number of aliphatic carboxylic acids is 1. The van der Waals surface area contributed by atoms with Gasteiger partial charge in [0.05, 0.1) is 28.6 Å². The number of carboxylic acids is 1. The first-order valence-corrected chi connectivity index (χ1v) is 7.98. The van der Waals surface area contributed by atoms with Crippen LogP contribution in [-0.2, 0) is 16.0 Å². The number of aromatic nitrogens is 1. The van der Waals surface area contributed by atoms with E-state index in [1.807, 2.05) is 0 Å². The van der Waals surface area contributed by atoms with Gasteiger partial charge in [-0.3, -0.25) is 9.59 Å². The second-order valence-corrected chi connectivity index (χ2v) is 6.08. The Hall–Kier alpha value is -1.63. The number of carbonyl (C=O) groups is 2. The number of halogens is 2. The highest BCUT2D eigenvalue weighted by Crippen LogP contribution is 2.36. The number of amides is 1. The van der Waals surface area contributed by atoms with E-state index in [0.717, 1.165) is 0 Å². The molecule has 22 heavy (non-hydrogen) atoms. The summed E-state index contributed by atoms with van der Waals surface area (Å²) in [6, 6.07) is 5.20. The zero-order chi connectivity index (χ0) is 16.1. The Morgan fingerprint density at radius 2 is 1.95 bits per heavy atom. The van der Waals surface area contributed by atoms with Crippen LogP contribution in [0.2, 0.25) is 10.0 Å². The largest absolute Gasteiger partial charge is 0.481 e. The van der Waals surface area contributed by atoms with Crippen molar-refractivity contribution in [2.75, 3.05) is 6.54 Å². The summed E-state index contributed by atoms with van der Waals surface area (Å²) in [7, 11) is 0. The van der Waals surface area contributed by atoms with Gasteiger partial charge in [0.1, 0.15) is 5.01 Å². The maximum atomic E-state index is 11.7. The summed E-state index contributed by atoms with van der Waals surface area (Å²) >= 11 is 13.6. The van der Waals surface area contributed by atoms with Crippen LogP contribution in [0.4, 0.5) is 0 Å². The highest BCUT2D eigenvalue weighted by Gasteiger charge is 2.14. The van der Waals surface area contributed by atoms with E-state index in [1.54, 1.807) is 23.6 Å². The highest BCUT2D eigenvalue weighted by atomic mass is 35.5. The topological polar surface area (TPSA) is 79.3 Å². The number of benzene rings is 1. The van der Waals surface area contributed by atoms with Crippen molar-refractivity contribution in [1.29, 1.82) is 0 Å². The summed E-state index contributed by atoms with van der Waals surface area (Å²) in [5, 5.41) is 14.4.